The Labute approximate surface area is 96.4 Å². The topological polar surface area (TPSA) is 43.8 Å². The van der Waals surface area contributed by atoms with Crippen molar-refractivity contribution in [3.8, 4) is 0 Å². The Balaban J connectivity index is 2.26. The highest BCUT2D eigenvalue weighted by molar-refractivity contribution is 7.98. The fraction of sp³-hybridized carbons (Fsp3) is 0.727. The molecule has 86 valence electrons. The molecule has 0 saturated carbocycles. The summed E-state index contributed by atoms with van der Waals surface area (Å²) < 4.78 is 2.00. The minimum atomic E-state index is 0.311. The van der Waals surface area contributed by atoms with Gasteiger partial charge in [-0.05, 0) is 39.0 Å². The molecule has 15 heavy (non-hydrogen) atoms. The van der Waals surface area contributed by atoms with Gasteiger partial charge in [-0.15, -0.1) is 0 Å². The molecule has 1 atom stereocenters. The molecule has 0 aliphatic heterocycles. The van der Waals surface area contributed by atoms with Crippen molar-refractivity contribution in [1.29, 1.82) is 0 Å². The molecule has 4 heteroatoms. The van der Waals surface area contributed by atoms with Gasteiger partial charge in [0.2, 0.25) is 0 Å². The fourth-order valence-electron chi connectivity index (χ4n) is 1.19. The van der Waals surface area contributed by atoms with Gasteiger partial charge in [-0.25, -0.2) is 0 Å². The summed E-state index contributed by atoms with van der Waals surface area (Å²) in [6.45, 7) is 6.33. The van der Waals surface area contributed by atoms with Crippen LogP contribution in [0.15, 0.2) is 12.3 Å². The minimum absolute atomic E-state index is 0.311. The SMILES string of the molecule is CC(N)CCSCc1ccn(C(C)C)n1. The van der Waals surface area contributed by atoms with Gasteiger partial charge in [-0.2, -0.15) is 16.9 Å². The summed E-state index contributed by atoms with van der Waals surface area (Å²) in [7, 11) is 0. The number of aromatic nitrogens is 2. The zero-order chi connectivity index (χ0) is 11.3. The summed E-state index contributed by atoms with van der Waals surface area (Å²) >= 11 is 1.90. The maximum atomic E-state index is 5.68. The van der Waals surface area contributed by atoms with Gasteiger partial charge in [0.15, 0.2) is 0 Å². The van der Waals surface area contributed by atoms with Crippen LogP contribution in [0.3, 0.4) is 0 Å². The van der Waals surface area contributed by atoms with Crippen LogP contribution in [-0.2, 0) is 5.75 Å². The van der Waals surface area contributed by atoms with Crippen molar-refractivity contribution in [3.05, 3.63) is 18.0 Å². The highest BCUT2D eigenvalue weighted by atomic mass is 32.2. The van der Waals surface area contributed by atoms with E-state index >= 15 is 0 Å². The summed E-state index contributed by atoms with van der Waals surface area (Å²) in [6.07, 6.45) is 3.13. The number of hydrogen-bond donors (Lipinski definition) is 1. The van der Waals surface area contributed by atoms with Gasteiger partial charge in [0, 0.05) is 24.0 Å². The van der Waals surface area contributed by atoms with Crippen LogP contribution in [0.5, 0.6) is 0 Å². The van der Waals surface area contributed by atoms with E-state index in [4.69, 9.17) is 5.73 Å². The van der Waals surface area contributed by atoms with Gasteiger partial charge in [-0.1, -0.05) is 0 Å². The van der Waals surface area contributed by atoms with Gasteiger partial charge in [0.1, 0.15) is 0 Å². The van der Waals surface area contributed by atoms with Gasteiger partial charge in [-0.3, -0.25) is 4.68 Å². The first kappa shape index (κ1) is 12.6. The smallest absolute Gasteiger partial charge is 0.0723 e. The third kappa shape index (κ3) is 4.71. The number of nitrogens with zero attached hydrogens (tertiary/aromatic N) is 2. The molecule has 0 fully saturated rings. The Bertz CT molecular complexity index is 281. The van der Waals surface area contributed by atoms with Crippen LogP contribution in [0.2, 0.25) is 0 Å². The molecule has 1 heterocycles. The second-order valence-corrected chi connectivity index (χ2v) is 5.30. The van der Waals surface area contributed by atoms with Crippen molar-refractivity contribution in [2.24, 2.45) is 5.73 Å². The number of rotatable bonds is 6. The molecule has 0 spiro atoms. The Kier molecular flexibility index (Phi) is 5.19. The van der Waals surface area contributed by atoms with Crippen LogP contribution >= 0.6 is 11.8 Å². The molecule has 0 radical (unpaired) electrons. The van der Waals surface area contributed by atoms with E-state index in [1.807, 2.05) is 29.6 Å². The predicted molar refractivity (Wildman–Crippen MR) is 67.0 cm³/mol. The van der Waals surface area contributed by atoms with Crippen LogP contribution in [0.4, 0.5) is 0 Å². The average molecular weight is 227 g/mol. The summed E-state index contributed by atoms with van der Waals surface area (Å²) in [6, 6.07) is 2.86. The van der Waals surface area contributed by atoms with Crippen LogP contribution in [-0.4, -0.2) is 21.6 Å². The zero-order valence-electron chi connectivity index (χ0n) is 9.81. The Morgan fingerprint density at radius 3 is 2.73 bits per heavy atom. The van der Waals surface area contributed by atoms with Crippen molar-refractivity contribution >= 4 is 11.8 Å². The minimum Gasteiger partial charge on any atom is -0.328 e. The maximum absolute atomic E-state index is 5.68. The molecule has 1 aromatic heterocycles. The lowest BCUT2D eigenvalue weighted by molar-refractivity contribution is 0.529. The second-order valence-electron chi connectivity index (χ2n) is 4.20. The number of hydrogen-bond acceptors (Lipinski definition) is 3. The van der Waals surface area contributed by atoms with Crippen molar-refractivity contribution in [1.82, 2.24) is 9.78 Å². The molecule has 0 aliphatic rings. The molecular weight excluding hydrogens is 206 g/mol. The first-order valence-electron chi connectivity index (χ1n) is 5.47. The van der Waals surface area contributed by atoms with Crippen molar-refractivity contribution in [2.45, 2.75) is 45.0 Å². The Morgan fingerprint density at radius 2 is 2.20 bits per heavy atom. The molecule has 1 unspecified atom stereocenters. The molecule has 1 rings (SSSR count). The molecule has 2 N–H and O–H groups in total. The quantitative estimate of drug-likeness (QED) is 0.759. The number of thioether (sulfide) groups is 1. The average Bonchev–Trinajstić information content (AvgIpc) is 2.60. The standard InChI is InChI=1S/C11H21N3S/c1-9(2)14-6-4-11(13-14)8-15-7-5-10(3)12/h4,6,9-10H,5,7-8,12H2,1-3H3. The monoisotopic (exact) mass is 227 g/mol. The molecule has 3 nitrogen and oxygen atoms in total. The summed E-state index contributed by atoms with van der Waals surface area (Å²) in [5, 5.41) is 4.49. The lowest BCUT2D eigenvalue weighted by Crippen LogP contribution is -2.15. The fourth-order valence-corrected chi connectivity index (χ4v) is 2.23. The predicted octanol–water partition coefficient (Wildman–Crippen LogP) is 2.43. The molecular formula is C11H21N3S. The number of nitrogens with two attached hydrogens (primary N) is 1. The Morgan fingerprint density at radius 1 is 1.47 bits per heavy atom. The molecule has 0 bridgehead atoms. The maximum Gasteiger partial charge on any atom is 0.0723 e. The van der Waals surface area contributed by atoms with Gasteiger partial charge >= 0.3 is 0 Å². The lowest BCUT2D eigenvalue weighted by Gasteiger charge is -2.04. The van der Waals surface area contributed by atoms with Gasteiger partial charge < -0.3 is 5.73 Å². The van der Waals surface area contributed by atoms with Gasteiger partial charge in [0.25, 0.3) is 0 Å². The van der Waals surface area contributed by atoms with E-state index in [2.05, 4.69) is 25.0 Å². The summed E-state index contributed by atoms with van der Waals surface area (Å²) in [4.78, 5) is 0. The van der Waals surface area contributed by atoms with E-state index in [0.717, 1.165) is 17.9 Å². The molecule has 0 saturated heterocycles. The molecule has 0 aromatic carbocycles. The van der Waals surface area contributed by atoms with Crippen molar-refractivity contribution < 1.29 is 0 Å². The van der Waals surface area contributed by atoms with E-state index in [1.54, 1.807) is 0 Å². The van der Waals surface area contributed by atoms with E-state index in [0.29, 0.717) is 12.1 Å². The highest BCUT2D eigenvalue weighted by Crippen LogP contribution is 2.13. The normalized spacial score (nSPS) is 13.4. The van der Waals surface area contributed by atoms with Crippen LogP contribution < -0.4 is 5.73 Å². The van der Waals surface area contributed by atoms with E-state index in [1.165, 1.54) is 5.69 Å². The van der Waals surface area contributed by atoms with E-state index in [-0.39, 0.29) is 0 Å². The molecule has 0 aliphatic carbocycles. The van der Waals surface area contributed by atoms with Crippen molar-refractivity contribution in [3.63, 3.8) is 0 Å². The van der Waals surface area contributed by atoms with E-state index in [9.17, 15) is 0 Å². The van der Waals surface area contributed by atoms with Crippen LogP contribution in [0.25, 0.3) is 0 Å². The van der Waals surface area contributed by atoms with E-state index < -0.39 is 0 Å². The summed E-state index contributed by atoms with van der Waals surface area (Å²) in [5.74, 6) is 2.11. The first-order valence-corrected chi connectivity index (χ1v) is 6.62. The Hall–Kier alpha value is -0.480. The van der Waals surface area contributed by atoms with Crippen molar-refractivity contribution in [2.75, 3.05) is 5.75 Å². The summed E-state index contributed by atoms with van der Waals surface area (Å²) in [5.41, 5.74) is 6.85. The molecule has 0 amide bonds. The zero-order valence-corrected chi connectivity index (χ0v) is 10.6. The molecule has 1 aromatic rings. The van der Waals surface area contributed by atoms with Crippen LogP contribution in [0.1, 0.15) is 38.9 Å². The highest BCUT2D eigenvalue weighted by Gasteiger charge is 2.02. The largest absolute Gasteiger partial charge is 0.328 e. The third-order valence-electron chi connectivity index (χ3n) is 2.16. The van der Waals surface area contributed by atoms with Gasteiger partial charge in [0.05, 0.1) is 5.69 Å². The second kappa shape index (κ2) is 6.18. The lowest BCUT2D eigenvalue weighted by atomic mass is 10.3. The first-order chi connectivity index (χ1) is 7.09. The third-order valence-corrected chi connectivity index (χ3v) is 3.18. The van der Waals surface area contributed by atoms with Crippen LogP contribution in [0, 0.1) is 0 Å².